The van der Waals surface area contributed by atoms with Crippen molar-refractivity contribution in [2.24, 2.45) is 0 Å². The molecule has 1 N–H and O–H groups in total. The predicted molar refractivity (Wildman–Crippen MR) is 102 cm³/mol. The van der Waals surface area contributed by atoms with Crippen LogP contribution in [-0.2, 0) is 19.6 Å². The van der Waals surface area contributed by atoms with Crippen LogP contribution < -0.4 is 10.1 Å². The van der Waals surface area contributed by atoms with Gasteiger partial charge in [0.15, 0.2) is 0 Å². The SMILES string of the molecule is CCn1cc(NCc2ccc(OC)c(CN3CCCCC3)c2)c(C)n1. The zero-order valence-electron chi connectivity index (χ0n) is 15.7. The van der Waals surface area contributed by atoms with Crippen molar-refractivity contribution in [2.45, 2.75) is 52.7 Å². The molecule has 0 radical (unpaired) electrons. The number of methoxy groups -OCH3 is 1. The number of hydrogen-bond acceptors (Lipinski definition) is 4. The average molecular weight is 342 g/mol. The highest BCUT2D eigenvalue weighted by Crippen LogP contribution is 2.24. The number of likely N-dealkylation sites (tertiary alicyclic amines) is 1. The van der Waals surface area contributed by atoms with Gasteiger partial charge in [-0.2, -0.15) is 5.10 Å². The van der Waals surface area contributed by atoms with Crippen molar-refractivity contribution in [2.75, 3.05) is 25.5 Å². The third-order valence-electron chi connectivity index (χ3n) is 4.94. The molecular formula is C20H30N4O. The molecule has 1 aliphatic heterocycles. The van der Waals surface area contributed by atoms with Crippen LogP contribution in [0.1, 0.15) is 43.0 Å². The summed E-state index contributed by atoms with van der Waals surface area (Å²) in [5.41, 5.74) is 4.71. The van der Waals surface area contributed by atoms with Crippen LogP contribution in [0.5, 0.6) is 5.75 Å². The second kappa shape index (κ2) is 8.39. The number of rotatable bonds is 7. The minimum absolute atomic E-state index is 0.799. The first-order valence-corrected chi connectivity index (χ1v) is 9.35. The smallest absolute Gasteiger partial charge is 0.123 e. The highest BCUT2D eigenvalue weighted by molar-refractivity contribution is 5.47. The van der Waals surface area contributed by atoms with Crippen LogP contribution in [0.2, 0.25) is 0 Å². The van der Waals surface area contributed by atoms with Crippen LogP contribution in [0.25, 0.3) is 0 Å². The number of ether oxygens (including phenoxy) is 1. The summed E-state index contributed by atoms with van der Waals surface area (Å²) in [5.74, 6) is 0.990. The van der Waals surface area contributed by atoms with E-state index in [0.717, 1.165) is 36.8 Å². The number of aromatic nitrogens is 2. The lowest BCUT2D eigenvalue weighted by atomic mass is 10.1. The Morgan fingerprint density at radius 1 is 1.20 bits per heavy atom. The van der Waals surface area contributed by atoms with Gasteiger partial charge in [0.2, 0.25) is 0 Å². The summed E-state index contributed by atoms with van der Waals surface area (Å²) >= 11 is 0. The fourth-order valence-electron chi connectivity index (χ4n) is 3.47. The second-order valence-electron chi connectivity index (χ2n) is 6.82. The van der Waals surface area contributed by atoms with Gasteiger partial charge in [-0.15, -0.1) is 0 Å². The average Bonchev–Trinajstić information content (AvgIpc) is 3.01. The Bertz CT molecular complexity index is 689. The summed E-state index contributed by atoms with van der Waals surface area (Å²) in [4.78, 5) is 2.54. The Morgan fingerprint density at radius 3 is 2.68 bits per heavy atom. The first-order valence-electron chi connectivity index (χ1n) is 9.35. The Hall–Kier alpha value is -2.01. The summed E-state index contributed by atoms with van der Waals surface area (Å²) in [6.07, 6.45) is 6.06. The minimum atomic E-state index is 0.799. The number of hydrogen-bond donors (Lipinski definition) is 1. The lowest BCUT2D eigenvalue weighted by molar-refractivity contribution is 0.218. The van der Waals surface area contributed by atoms with Crippen LogP contribution in [0.4, 0.5) is 5.69 Å². The van der Waals surface area contributed by atoms with E-state index in [2.05, 4.69) is 46.6 Å². The summed E-state index contributed by atoms with van der Waals surface area (Å²) in [7, 11) is 1.76. The van der Waals surface area contributed by atoms with E-state index >= 15 is 0 Å². The van der Waals surface area contributed by atoms with Gasteiger partial charge in [0.05, 0.1) is 18.5 Å². The van der Waals surface area contributed by atoms with Crippen molar-refractivity contribution >= 4 is 5.69 Å². The van der Waals surface area contributed by atoms with Gasteiger partial charge >= 0.3 is 0 Å². The zero-order valence-corrected chi connectivity index (χ0v) is 15.7. The van der Waals surface area contributed by atoms with Gasteiger partial charge in [-0.05, 0) is 57.5 Å². The molecular weight excluding hydrogens is 312 g/mol. The van der Waals surface area contributed by atoms with Crippen LogP contribution in [-0.4, -0.2) is 34.9 Å². The van der Waals surface area contributed by atoms with Gasteiger partial charge in [0.1, 0.15) is 5.75 Å². The largest absolute Gasteiger partial charge is 0.496 e. The number of nitrogens with zero attached hydrogens (tertiary/aromatic N) is 3. The zero-order chi connectivity index (χ0) is 17.6. The van der Waals surface area contributed by atoms with E-state index in [1.807, 2.05) is 11.6 Å². The fraction of sp³-hybridized carbons (Fsp3) is 0.550. The molecule has 25 heavy (non-hydrogen) atoms. The van der Waals surface area contributed by atoms with Crippen LogP contribution >= 0.6 is 0 Å². The lowest BCUT2D eigenvalue weighted by Crippen LogP contribution is -2.29. The first kappa shape index (κ1) is 17.8. The van der Waals surface area contributed by atoms with Gasteiger partial charge in [0.25, 0.3) is 0 Å². The number of aryl methyl sites for hydroxylation is 2. The highest BCUT2D eigenvalue weighted by Gasteiger charge is 2.14. The van der Waals surface area contributed by atoms with Crippen molar-refractivity contribution in [1.82, 2.24) is 14.7 Å². The molecule has 1 aromatic carbocycles. The van der Waals surface area contributed by atoms with E-state index in [4.69, 9.17) is 4.74 Å². The van der Waals surface area contributed by atoms with Gasteiger partial charge in [-0.1, -0.05) is 12.5 Å². The van der Waals surface area contributed by atoms with Crippen LogP contribution in [0.15, 0.2) is 24.4 Å². The quantitative estimate of drug-likeness (QED) is 0.831. The molecule has 0 amide bonds. The lowest BCUT2D eigenvalue weighted by Gasteiger charge is -2.27. The van der Waals surface area contributed by atoms with Gasteiger partial charge in [0, 0.05) is 31.4 Å². The topological polar surface area (TPSA) is 42.3 Å². The third kappa shape index (κ3) is 4.54. The molecule has 0 spiro atoms. The normalized spacial score (nSPS) is 15.3. The Balaban J connectivity index is 1.68. The van der Waals surface area contributed by atoms with Gasteiger partial charge in [-0.25, -0.2) is 0 Å². The molecule has 0 aliphatic carbocycles. The first-order chi connectivity index (χ1) is 12.2. The standard InChI is InChI=1S/C20H30N4O/c1-4-24-15-19(16(2)22-24)21-13-17-8-9-20(25-3)18(12-17)14-23-10-6-5-7-11-23/h8-9,12,15,21H,4-7,10-11,13-14H2,1-3H3. The predicted octanol–water partition coefficient (Wildman–Crippen LogP) is 3.82. The minimum Gasteiger partial charge on any atom is -0.496 e. The molecule has 0 atom stereocenters. The van der Waals surface area contributed by atoms with Crippen LogP contribution in [0.3, 0.4) is 0 Å². The summed E-state index contributed by atoms with van der Waals surface area (Å²) in [6, 6.07) is 6.52. The molecule has 3 rings (SSSR count). The van der Waals surface area contributed by atoms with E-state index in [0.29, 0.717) is 0 Å². The monoisotopic (exact) mass is 342 g/mol. The molecule has 0 unspecified atom stereocenters. The van der Waals surface area contributed by atoms with E-state index in [1.165, 1.54) is 43.5 Å². The summed E-state index contributed by atoms with van der Waals surface area (Å²) in [6.45, 7) is 9.21. The molecule has 136 valence electrons. The van der Waals surface area contributed by atoms with Crippen molar-refractivity contribution in [3.63, 3.8) is 0 Å². The van der Waals surface area contributed by atoms with Gasteiger partial charge < -0.3 is 10.1 Å². The molecule has 1 saturated heterocycles. The maximum absolute atomic E-state index is 5.58. The van der Waals surface area contributed by atoms with Gasteiger partial charge in [-0.3, -0.25) is 9.58 Å². The van der Waals surface area contributed by atoms with Crippen molar-refractivity contribution < 1.29 is 4.74 Å². The Morgan fingerprint density at radius 2 is 2.00 bits per heavy atom. The maximum atomic E-state index is 5.58. The van der Waals surface area contributed by atoms with E-state index < -0.39 is 0 Å². The number of anilines is 1. The fourth-order valence-corrected chi connectivity index (χ4v) is 3.47. The summed E-state index contributed by atoms with van der Waals surface area (Å²) < 4.78 is 7.55. The third-order valence-corrected chi connectivity index (χ3v) is 4.94. The number of nitrogens with one attached hydrogen (secondary N) is 1. The second-order valence-corrected chi connectivity index (χ2v) is 6.82. The molecule has 2 aromatic rings. The van der Waals surface area contributed by atoms with E-state index in [1.54, 1.807) is 7.11 Å². The molecule has 5 nitrogen and oxygen atoms in total. The number of piperidine rings is 1. The van der Waals surface area contributed by atoms with Crippen molar-refractivity contribution in [3.8, 4) is 5.75 Å². The molecule has 0 saturated carbocycles. The van der Waals surface area contributed by atoms with Crippen molar-refractivity contribution in [1.29, 1.82) is 0 Å². The maximum Gasteiger partial charge on any atom is 0.123 e. The summed E-state index contributed by atoms with van der Waals surface area (Å²) in [5, 5.41) is 8.01. The number of benzene rings is 1. The molecule has 0 bridgehead atoms. The molecule has 2 heterocycles. The molecule has 1 fully saturated rings. The van der Waals surface area contributed by atoms with E-state index in [-0.39, 0.29) is 0 Å². The molecule has 5 heteroatoms. The van der Waals surface area contributed by atoms with Crippen molar-refractivity contribution in [3.05, 3.63) is 41.2 Å². The van der Waals surface area contributed by atoms with E-state index in [9.17, 15) is 0 Å². The Labute approximate surface area is 151 Å². The highest BCUT2D eigenvalue weighted by atomic mass is 16.5. The molecule has 1 aromatic heterocycles. The Kier molecular flexibility index (Phi) is 5.97. The van der Waals surface area contributed by atoms with Crippen LogP contribution in [0, 0.1) is 6.92 Å². The molecule has 1 aliphatic rings.